The Balaban J connectivity index is 2.51. The standard InChI is InChI=1S/C13H16FNO3S/c1-15(2)12(16)4-3-7-19-11-8-9(13(17)18)5-6-10(11)14/h5-6,8H,3-4,7H2,1-2H3,(H,17,18). The van der Waals surface area contributed by atoms with Gasteiger partial charge >= 0.3 is 5.97 Å². The molecule has 0 heterocycles. The van der Waals surface area contributed by atoms with Gasteiger partial charge in [-0.2, -0.15) is 0 Å². The number of carbonyl (C=O) groups excluding carboxylic acids is 1. The van der Waals surface area contributed by atoms with Crippen molar-refractivity contribution in [1.29, 1.82) is 0 Å². The lowest BCUT2D eigenvalue weighted by molar-refractivity contribution is -0.128. The largest absolute Gasteiger partial charge is 0.478 e. The maximum atomic E-state index is 13.5. The molecule has 6 heteroatoms. The number of carboxylic acids is 1. The zero-order valence-corrected chi connectivity index (χ0v) is 11.7. The predicted octanol–water partition coefficient (Wildman–Crippen LogP) is 2.48. The van der Waals surface area contributed by atoms with Gasteiger partial charge in [-0.3, -0.25) is 4.79 Å². The number of rotatable bonds is 6. The number of amides is 1. The molecule has 0 radical (unpaired) electrons. The molecule has 0 unspecified atom stereocenters. The first-order chi connectivity index (χ1) is 8.91. The summed E-state index contributed by atoms with van der Waals surface area (Å²) in [6.07, 6.45) is 1.03. The van der Waals surface area contributed by atoms with Gasteiger partial charge in [0.05, 0.1) is 5.56 Å². The van der Waals surface area contributed by atoms with Crippen LogP contribution in [-0.2, 0) is 4.79 Å². The minimum Gasteiger partial charge on any atom is -0.478 e. The number of hydrogen-bond donors (Lipinski definition) is 1. The molecule has 0 saturated carbocycles. The van der Waals surface area contributed by atoms with Gasteiger partial charge in [0, 0.05) is 25.4 Å². The molecule has 0 aliphatic carbocycles. The Labute approximate surface area is 115 Å². The first-order valence-electron chi connectivity index (χ1n) is 5.77. The molecule has 1 aromatic carbocycles. The lowest BCUT2D eigenvalue weighted by atomic mass is 10.2. The van der Waals surface area contributed by atoms with Crippen LogP contribution in [0.4, 0.5) is 4.39 Å². The van der Waals surface area contributed by atoms with E-state index in [1.54, 1.807) is 14.1 Å². The lowest BCUT2D eigenvalue weighted by Gasteiger charge is -2.09. The van der Waals surface area contributed by atoms with Crippen molar-refractivity contribution >= 4 is 23.6 Å². The Morgan fingerprint density at radius 3 is 2.63 bits per heavy atom. The molecule has 0 aromatic heterocycles. The number of carboxylic acid groups (broad SMARTS) is 1. The summed E-state index contributed by atoms with van der Waals surface area (Å²) in [6, 6.07) is 3.70. The maximum Gasteiger partial charge on any atom is 0.335 e. The molecular formula is C13H16FNO3S. The van der Waals surface area contributed by atoms with Crippen molar-refractivity contribution in [2.75, 3.05) is 19.8 Å². The van der Waals surface area contributed by atoms with Gasteiger partial charge in [-0.25, -0.2) is 9.18 Å². The maximum absolute atomic E-state index is 13.5. The molecule has 0 aliphatic rings. The number of halogens is 1. The molecule has 0 fully saturated rings. The quantitative estimate of drug-likeness (QED) is 0.644. The Hall–Kier alpha value is -1.56. The molecule has 19 heavy (non-hydrogen) atoms. The summed E-state index contributed by atoms with van der Waals surface area (Å²) in [4.78, 5) is 23.9. The van der Waals surface area contributed by atoms with Crippen LogP contribution in [-0.4, -0.2) is 41.7 Å². The number of nitrogens with zero attached hydrogens (tertiary/aromatic N) is 1. The van der Waals surface area contributed by atoms with Gasteiger partial charge in [0.15, 0.2) is 0 Å². The van der Waals surface area contributed by atoms with E-state index in [1.165, 1.54) is 28.8 Å². The third-order valence-electron chi connectivity index (χ3n) is 2.47. The second-order valence-corrected chi connectivity index (χ2v) is 5.33. The molecule has 1 aromatic rings. The van der Waals surface area contributed by atoms with Gasteiger partial charge in [0.1, 0.15) is 5.82 Å². The average molecular weight is 285 g/mol. The number of benzene rings is 1. The van der Waals surface area contributed by atoms with Gasteiger partial charge in [0.25, 0.3) is 0 Å². The highest BCUT2D eigenvalue weighted by molar-refractivity contribution is 7.99. The summed E-state index contributed by atoms with van der Waals surface area (Å²) in [5.41, 5.74) is 0.0632. The van der Waals surface area contributed by atoms with Crippen LogP contribution >= 0.6 is 11.8 Å². The first kappa shape index (κ1) is 15.5. The summed E-state index contributed by atoms with van der Waals surface area (Å²) < 4.78 is 13.5. The zero-order valence-electron chi connectivity index (χ0n) is 10.9. The highest BCUT2D eigenvalue weighted by Gasteiger charge is 2.09. The van der Waals surface area contributed by atoms with Crippen molar-refractivity contribution in [2.45, 2.75) is 17.7 Å². The van der Waals surface area contributed by atoms with E-state index in [-0.39, 0.29) is 11.5 Å². The minimum absolute atomic E-state index is 0.0281. The van der Waals surface area contributed by atoms with Crippen molar-refractivity contribution < 1.29 is 19.1 Å². The highest BCUT2D eigenvalue weighted by Crippen LogP contribution is 2.24. The lowest BCUT2D eigenvalue weighted by Crippen LogP contribution is -2.21. The molecule has 4 nitrogen and oxygen atoms in total. The number of thioether (sulfide) groups is 1. The van der Waals surface area contributed by atoms with E-state index in [0.717, 1.165) is 6.07 Å². The second kappa shape index (κ2) is 7.13. The van der Waals surface area contributed by atoms with Gasteiger partial charge in [-0.1, -0.05) is 0 Å². The molecule has 0 aliphatic heterocycles. The first-order valence-corrected chi connectivity index (χ1v) is 6.76. The fourth-order valence-corrected chi connectivity index (χ4v) is 2.30. The van der Waals surface area contributed by atoms with Crippen LogP contribution in [0.2, 0.25) is 0 Å². The Morgan fingerprint density at radius 2 is 2.05 bits per heavy atom. The minimum atomic E-state index is -1.08. The third-order valence-corrected chi connectivity index (χ3v) is 3.59. The van der Waals surface area contributed by atoms with Crippen molar-refractivity contribution in [3.63, 3.8) is 0 Å². The van der Waals surface area contributed by atoms with E-state index in [2.05, 4.69) is 0 Å². The topological polar surface area (TPSA) is 57.6 Å². The van der Waals surface area contributed by atoms with Crippen LogP contribution in [0.1, 0.15) is 23.2 Å². The number of carbonyl (C=O) groups is 2. The van der Waals surface area contributed by atoms with Crippen molar-refractivity contribution in [3.8, 4) is 0 Å². The summed E-state index contributed by atoms with van der Waals surface area (Å²) in [5, 5.41) is 8.82. The number of aromatic carboxylic acids is 1. The number of hydrogen-bond acceptors (Lipinski definition) is 3. The smallest absolute Gasteiger partial charge is 0.335 e. The third kappa shape index (κ3) is 4.90. The van der Waals surface area contributed by atoms with Crippen LogP contribution < -0.4 is 0 Å². The van der Waals surface area contributed by atoms with Gasteiger partial charge in [-0.05, 0) is 30.4 Å². The molecule has 1 amide bonds. The SMILES string of the molecule is CN(C)C(=O)CCCSc1cc(C(=O)O)ccc1F. The van der Waals surface area contributed by atoms with Crippen LogP contribution in [0.5, 0.6) is 0 Å². The summed E-state index contributed by atoms with van der Waals surface area (Å²) in [6.45, 7) is 0. The monoisotopic (exact) mass is 285 g/mol. The van der Waals surface area contributed by atoms with E-state index in [1.807, 2.05) is 0 Å². The van der Waals surface area contributed by atoms with Gasteiger partial charge in [-0.15, -0.1) is 11.8 Å². The molecule has 1 rings (SSSR count). The zero-order chi connectivity index (χ0) is 14.4. The summed E-state index contributed by atoms with van der Waals surface area (Å²) in [7, 11) is 3.37. The summed E-state index contributed by atoms with van der Waals surface area (Å²) in [5.74, 6) is -0.918. The van der Waals surface area contributed by atoms with E-state index < -0.39 is 11.8 Å². The fourth-order valence-electron chi connectivity index (χ4n) is 1.38. The van der Waals surface area contributed by atoms with Crippen LogP contribution in [0.3, 0.4) is 0 Å². The molecule has 0 saturated heterocycles. The van der Waals surface area contributed by atoms with E-state index >= 15 is 0 Å². The normalized spacial score (nSPS) is 10.3. The fraction of sp³-hybridized carbons (Fsp3) is 0.385. The molecule has 1 N–H and O–H groups in total. The van der Waals surface area contributed by atoms with Crippen molar-refractivity contribution in [3.05, 3.63) is 29.6 Å². The molecule has 0 spiro atoms. The van der Waals surface area contributed by atoms with E-state index in [0.29, 0.717) is 23.5 Å². The average Bonchev–Trinajstić information content (AvgIpc) is 2.35. The van der Waals surface area contributed by atoms with Crippen LogP contribution in [0.15, 0.2) is 23.1 Å². The van der Waals surface area contributed by atoms with Crippen LogP contribution in [0, 0.1) is 5.82 Å². The summed E-state index contributed by atoms with van der Waals surface area (Å²) >= 11 is 1.22. The molecule has 104 valence electrons. The predicted molar refractivity (Wildman–Crippen MR) is 72.0 cm³/mol. The van der Waals surface area contributed by atoms with E-state index in [4.69, 9.17) is 5.11 Å². The molecule has 0 bridgehead atoms. The Kier molecular flexibility index (Phi) is 5.82. The molecular weight excluding hydrogens is 269 g/mol. The van der Waals surface area contributed by atoms with E-state index in [9.17, 15) is 14.0 Å². The van der Waals surface area contributed by atoms with Gasteiger partial charge < -0.3 is 10.0 Å². The Morgan fingerprint density at radius 1 is 1.37 bits per heavy atom. The second-order valence-electron chi connectivity index (χ2n) is 4.19. The van der Waals surface area contributed by atoms with Crippen molar-refractivity contribution in [1.82, 2.24) is 4.90 Å². The van der Waals surface area contributed by atoms with Crippen molar-refractivity contribution in [2.24, 2.45) is 0 Å². The highest BCUT2D eigenvalue weighted by atomic mass is 32.2. The van der Waals surface area contributed by atoms with Gasteiger partial charge in [0.2, 0.25) is 5.91 Å². The molecule has 0 atom stereocenters. The van der Waals surface area contributed by atoms with Crippen LogP contribution in [0.25, 0.3) is 0 Å². The Bertz CT molecular complexity index is 477.